The van der Waals surface area contributed by atoms with Gasteiger partial charge in [-0.1, -0.05) is 6.07 Å². The van der Waals surface area contributed by atoms with E-state index in [4.69, 9.17) is 9.31 Å². The monoisotopic (exact) mass is 308 g/mol. The van der Waals surface area contributed by atoms with Gasteiger partial charge in [-0.3, -0.25) is 0 Å². The Morgan fingerprint density at radius 2 is 1.73 bits per heavy atom. The zero-order valence-electron chi connectivity index (χ0n) is 13.4. The van der Waals surface area contributed by atoms with Crippen LogP contribution in [0.3, 0.4) is 0 Å². The number of aromatic nitrogens is 2. The number of halogens is 2. The van der Waals surface area contributed by atoms with Crippen molar-refractivity contribution in [1.29, 1.82) is 0 Å². The van der Waals surface area contributed by atoms with Gasteiger partial charge in [-0.15, -0.1) is 0 Å². The molecule has 0 radical (unpaired) electrons. The molecule has 0 amide bonds. The number of hydrogen-bond donors (Lipinski definition) is 0. The predicted octanol–water partition coefficient (Wildman–Crippen LogP) is 3.04. The molecule has 2 heterocycles. The molecule has 118 valence electrons. The smallest absolute Gasteiger partial charge is 0.399 e. The second-order valence-corrected chi connectivity index (χ2v) is 6.69. The molecule has 1 aromatic carbocycles. The number of benzene rings is 1. The van der Waals surface area contributed by atoms with Crippen LogP contribution in [0.5, 0.6) is 0 Å². The highest BCUT2D eigenvalue weighted by Crippen LogP contribution is 2.37. The van der Waals surface area contributed by atoms with Crippen LogP contribution in [0.25, 0.3) is 10.9 Å². The number of alkyl halides is 2. The molecule has 0 bridgehead atoms. The summed E-state index contributed by atoms with van der Waals surface area (Å²) in [4.78, 5) is 0. The predicted molar refractivity (Wildman–Crippen MR) is 81.4 cm³/mol. The Morgan fingerprint density at radius 1 is 1.14 bits per heavy atom. The van der Waals surface area contributed by atoms with E-state index in [0.29, 0.717) is 15.6 Å². The molecule has 2 aromatic rings. The third-order valence-corrected chi connectivity index (χ3v) is 4.73. The molecule has 0 N–H and O–H groups in total. The van der Waals surface area contributed by atoms with Crippen LogP contribution in [-0.2, 0) is 9.31 Å². The molecule has 7 heteroatoms. The van der Waals surface area contributed by atoms with E-state index < -0.39 is 24.9 Å². The largest absolute Gasteiger partial charge is 0.495 e. The Labute approximate surface area is 128 Å². The van der Waals surface area contributed by atoms with Gasteiger partial charge in [0.25, 0.3) is 0 Å². The summed E-state index contributed by atoms with van der Waals surface area (Å²) in [5.74, 6) is 0. The van der Waals surface area contributed by atoms with Crippen LogP contribution < -0.4 is 5.46 Å². The third kappa shape index (κ3) is 2.23. The highest BCUT2D eigenvalue weighted by Gasteiger charge is 2.52. The highest BCUT2D eigenvalue weighted by atomic mass is 19.3. The Hall–Kier alpha value is -1.47. The molecule has 0 unspecified atom stereocenters. The van der Waals surface area contributed by atoms with Crippen molar-refractivity contribution in [3.63, 3.8) is 0 Å². The van der Waals surface area contributed by atoms with Gasteiger partial charge >= 0.3 is 13.7 Å². The lowest BCUT2D eigenvalue weighted by Crippen LogP contribution is -2.41. The van der Waals surface area contributed by atoms with Crippen molar-refractivity contribution in [2.45, 2.75) is 52.4 Å². The number of fused-ring (bicyclic) bond motifs is 1. The first kappa shape index (κ1) is 15.4. The number of hydrogen-bond acceptors (Lipinski definition) is 3. The van der Waals surface area contributed by atoms with Gasteiger partial charge in [0.1, 0.15) is 0 Å². The van der Waals surface area contributed by atoms with Crippen molar-refractivity contribution >= 4 is 23.5 Å². The molecular weight excluding hydrogens is 289 g/mol. The number of aryl methyl sites for hydroxylation is 1. The second kappa shape index (κ2) is 4.76. The van der Waals surface area contributed by atoms with E-state index in [-0.39, 0.29) is 0 Å². The first-order valence-corrected chi connectivity index (χ1v) is 7.24. The van der Waals surface area contributed by atoms with Gasteiger partial charge in [0.2, 0.25) is 0 Å². The third-order valence-electron chi connectivity index (χ3n) is 4.73. The average Bonchev–Trinajstić information content (AvgIpc) is 2.90. The van der Waals surface area contributed by atoms with Crippen molar-refractivity contribution in [2.75, 3.05) is 0 Å². The van der Waals surface area contributed by atoms with Crippen molar-refractivity contribution in [2.24, 2.45) is 0 Å². The minimum absolute atomic E-state index is 0.438. The maximum Gasteiger partial charge on any atom is 0.495 e. The van der Waals surface area contributed by atoms with Crippen LogP contribution in [-0.4, -0.2) is 28.1 Å². The lowest BCUT2D eigenvalue weighted by molar-refractivity contribution is 0.00578. The molecule has 0 saturated carbocycles. The highest BCUT2D eigenvalue weighted by molar-refractivity contribution is 6.63. The molecule has 4 nitrogen and oxygen atoms in total. The lowest BCUT2D eigenvalue weighted by Gasteiger charge is -2.32. The van der Waals surface area contributed by atoms with Crippen LogP contribution in [0.1, 0.15) is 39.8 Å². The molecular formula is C15H19BF2N2O2. The minimum Gasteiger partial charge on any atom is -0.399 e. The topological polar surface area (TPSA) is 36.3 Å². The van der Waals surface area contributed by atoms with E-state index in [1.807, 2.05) is 40.7 Å². The number of nitrogens with zero attached hydrogens (tertiary/aromatic N) is 2. The van der Waals surface area contributed by atoms with Crippen LogP contribution in [0.2, 0.25) is 0 Å². The average molecular weight is 308 g/mol. The summed E-state index contributed by atoms with van der Waals surface area (Å²) in [6, 6.07) is 3.56. The zero-order chi connectivity index (χ0) is 16.3. The molecule has 0 aliphatic carbocycles. The van der Waals surface area contributed by atoms with Crippen molar-refractivity contribution in [3.05, 3.63) is 23.9 Å². The maximum absolute atomic E-state index is 12.8. The molecule has 3 rings (SSSR count). The van der Waals surface area contributed by atoms with E-state index >= 15 is 0 Å². The molecule has 1 saturated heterocycles. The van der Waals surface area contributed by atoms with E-state index in [1.54, 1.807) is 6.07 Å². The first-order chi connectivity index (χ1) is 10.1. The molecule has 1 aliphatic rings. The summed E-state index contributed by atoms with van der Waals surface area (Å²) in [7, 11) is -0.510. The molecule has 1 aliphatic heterocycles. The second-order valence-electron chi connectivity index (χ2n) is 6.69. The fraction of sp³-hybridized carbons (Fsp3) is 0.533. The summed E-state index contributed by atoms with van der Waals surface area (Å²) in [6.45, 7) is 7.16. The zero-order valence-corrected chi connectivity index (χ0v) is 13.4. The lowest BCUT2D eigenvalue weighted by atomic mass is 9.75. The SMILES string of the molecule is Cc1c(B2OC(C)(C)C(C)(C)O2)ccc2nn(C(F)F)cc12. The maximum atomic E-state index is 12.8. The fourth-order valence-corrected chi connectivity index (χ4v) is 2.59. The van der Waals surface area contributed by atoms with Gasteiger partial charge in [-0.2, -0.15) is 13.9 Å². The summed E-state index contributed by atoms with van der Waals surface area (Å²) in [5, 5.41) is 4.57. The quantitative estimate of drug-likeness (QED) is 0.800. The Bertz CT molecular complexity index is 712. The normalized spacial score (nSPS) is 20.3. The van der Waals surface area contributed by atoms with Gasteiger partial charge in [0.15, 0.2) is 0 Å². The first-order valence-electron chi connectivity index (χ1n) is 7.24. The van der Waals surface area contributed by atoms with Crippen LogP contribution in [0.15, 0.2) is 18.3 Å². The summed E-state index contributed by atoms with van der Waals surface area (Å²) in [6.07, 6.45) is 1.37. The van der Waals surface area contributed by atoms with Crippen molar-refractivity contribution in [3.8, 4) is 0 Å². The Kier molecular flexibility index (Phi) is 3.34. The van der Waals surface area contributed by atoms with E-state index in [1.165, 1.54) is 6.20 Å². The van der Waals surface area contributed by atoms with Gasteiger partial charge in [0, 0.05) is 11.6 Å². The summed E-state index contributed by atoms with van der Waals surface area (Å²) < 4.78 is 38.3. The van der Waals surface area contributed by atoms with Gasteiger partial charge < -0.3 is 9.31 Å². The molecule has 1 fully saturated rings. The molecule has 0 atom stereocenters. The molecule has 1 aromatic heterocycles. The standard InChI is InChI=1S/C15H19BF2N2O2/c1-9-10-8-20(13(17)18)19-12(10)7-6-11(9)16-21-14(2,3)15(4,5)22-16/h6-8,13H,1-5H3. The number of rotatable bonds is 2. The van der Waals surface area contributed by atoms with Gasteiger partial charge in [-0.25, -0.2) is 4.68 Å². The van der Waals surface area contributed by atoms with E-state index in [9.17, 15) is 8.78 Å². The molecule has 0 spiro atoms. The van der Waals surface area contributed by atoms with Crippen LogP contribution in [0, 0.1) is 6.92 Å². The fourth-order valence-electron chi connectivity index (χ4n) is 2.59. The van der Waals surface area contributed by atoms with Crippen LogP contribution in [0.4, 0.5) is 8.78 Å². The summed E-state index contributed by atoms with van der Waals surface area (Å²) >= 11 is 0. The van der Waals surface area contributed by atoms with Crippen LogP contribution >= 0.6 is 0 Å². The molecule has 22 heavy (non-hydrogen) atoms. The minimum atomic E-state index is -2.65. The van der Waals surface area contributed by atoms with Gasteiger partial charge in [-0.05, 0) is 51.7 Å². The van der Waals surface area contributed by atoms with Crippen molar-refractivity contribution < 1.29 is 18.1 Å². The van der Waals surface area contributed by atoms with E-state index in [0.717, 1.165) is 11.0 Å². The van der Waals surface area contributed by atoms with Crippen molar-refractivity contribution in [1.82, 2.24) is 9.78 Å². The Balaban J connectivity index is 2.04. The Morgan fingerprint density at radius 3 is 2.27 bits per heavy atom. The van der Waals surface area contributed by atoms with E-state index in [2.05, 4.69) is 5.10 Å². The summed E-state index contributed by atoms with van der Waals surface area (Å²) in [5.41, 5.74) is 1.36. The van der Waals surface area contributed by atoms with Gasteiger partial charge in [0.05, 0.1) is 16.7 Å².